The lowest BCUT2D eigenvalue weighted by Gasteiger charge is -2.27. The van der Waals surface area contributed by atoms with Crippen LogP contribution < -0.4 is 5.56 Å². The molecule has 0 aliphatic heterocycles. The van der Waals surface area contributed by atoms with Crippen LogP contribution in [0, 0.1) is 0 Å². The molecular weight excluding hydrogens is 274 g/mol. The molecule has 0 aliphatic rings. The highest BCUT2D eigenvalue weighted by molar-refractivity contribution is 5.86. The van der Waals surface area contributed by atoms with Crippen LogP contribution in [0.3, 0.4) is 0 Å². The molecule has 0 saturated heterocycles. The highest BCUT2D eigenvalue weighted by Gasteiger charge is 2.31. The van der Waals surface area contributed by atoms with Crippen molar-refractivity contribution < 1.29 is 5.11 Å². The van der Waals surface area contributed by atoms with Gasteiger partial charge in [0.15, 0.2) is 0 Å². The summed E-state index contributed by atoms with van der Waals surface area (Å²) in [7, 11) is 1.74. The molecule has 22 heavy (non-hydrogen) atoms. The van der Waals surface area contributed by atoms with Crippen LogP contribution in [-0.4, -0.2) is 9.67 Å². The SMILES string of the molecule is Cn1c(=O)c(C(C)(C)c2ccccc2)c(O)c2ccccc21. The van der Waals surface area contributed by atoms with Crippen LogP contribution in [0.5, 0.6) is 5.75 Å². The number of rotatable bonds is 2. The molecule has 1 N–H and O–H groups in total. The lowest BCUT2D eigenvalue weighted by Crippen LogP contribution is -2.32. The number of aromatic hydroxyl groups is 1. The first kappa shape index (κ1) is 14.4. The maximum Gasteiger partial charge on any atom is 0.258 e. The third-order valence-corrected chi connectivity index (χ3v) is 4.40. The predicted octanol–water partition coefficient (Wildman–Crippen LogP) is 3.57. The van der Waals surface area contributed by atoms with Gasteiger partial charge in [0, 0.05) is 17.8 Å². The van der Waals surface area contributed by atoms with E-state index in [0.29, 0.717) is 10.9 Å². The van der Waals surface area contributed by atoms with E-state index in [0.717, 1.165) is 11.1 Å². The van der Waals surface area contributed by atoms with Gasteiger partial charge < -0.3 is 9.67 Å². The normalized spacial score (nSPS) is 11.8. The summed E-state index contributed by atoms with van der Waals surface area (Å²) in [6, 6.07) is 17.2. The van der Waals surface area contributed by atoms with Crippen molar-refractivity contribution >= 4 is 10.9 Å². The van der Waals surface area contributed by atoms with Gasteiger partial charge in [-0.05, 0) is 17.7 Å². The van der Waals surface area contributed by atoms with Crippen molar-refractivity contribution in [2.75, 3.05) is 0 Å². The van der Waals surface area contributed by atoms with Crippen molar-refractivity contribution in [1.29, 1.82) is 0 Å². The fourth-order valence-electron chi connectivity index (χ4n) is 3.04. The van der Waals surface area contributed by atoms with Crippen molar-refractivity contribution in [2.24, 2.45) is 7.05 Å². The molecule has 0 atom stereocenters. The van der Waals surface area contributed by atoms with E-state index >= 15 is 0 Å². The molecule has 0 saturated carbocycles. The number of hydrogen-bond donors (Lipinski definition) is 1. The molecule has 2 aromatic carbocycles. The van der Waals surface area contributed by atoms with Gasteiger partial charge in [-0.25, -0.2) is 0 Å². The van der Waals surface area contributed by atoms with E-state index < -0.39 is 5.41 Å². The summed E-state index contributed by atoms with van der Waals surface area (Å²) in [6.07, 6.45) is 0. The third kappa shape index (κ3) is 2.01. The monoisotopic (exact) mass is 293 g/mol. The Hall–Kier alpha value is -2.55. The van der Waals surface area contributed by atoms with E-state index in [4.69, 9.17) is 0 Å². The fraction of sp³-hybridized carbons (Fsp3) is 0.211. The Labute approximate surface area is 129 Å². The number of aryl methyl sites for hydroxylation is 1. The van der Waals surface area contributed by atoms with Gasteiger partial charge in [-0.1, -0.05) is 56.3 Å². The number of para-hydroxylation sites is 1. The molecule has 112 valence electrons. The Bertz CT molecular complexity index is 892. The Morgan fingerprint density at radius 3 is 2.23 bits per heavy atom. The van der Waals surface area contributed by atoms with Gasteiger partial charge >= 0.3 is 0 Å². The average Bonchev–Trinajstić information content (AvgIpc) is 2.53. The number of aromatic nitrogens is 1. The van der Waals surface area contributed by atoms with Gasteiger partial charge in [-0.3, -0.25) is 4.79 Å². The summed E-state index contributed by atoms with van der Waals surface area (Å²) in [4.78, 5) is 12.8. The topological polar surface area (TPSA) is 42.2 Å². The molecule has 3 heteroatoms. The molecule has 0 unspecified atom stereocenters. The first-order valence-electron chi connectivity index (χ1n) is 7.31. The zero-order valence-corrected chi connectivity index (χ0v) is 13.0. The summed E-state index contributed by atoms with van der Waals surface area (Å²) in [5.74, 6) is 0.0764. The summed E-state index contributed by atoms with van der Waals surface area (Å²) in [5.41, 5.74) is 1.42. The molecule has 0 radical (unpaired) electrons. The van der Waals surface area contributed by atoms with E-state index in [1.165, 1.54) is 0 Å². The summed E-state index contributed by atoms with van der Waals surface area (Å²) < 4.78 is 1.61. The van der Waals surface area contributed by atoms with Crippen molar-refractivity contribution in [3.05, 3.63) is 76.1 Å². The second-order valence-electron chi connectivity index (χ2n) is 6.10. The minimum absolute atomic E-state index is 0.0764. The van der Waals surface area contributed by atoms with Crippen molar-refractivity contribution in [3.63, 3.8) is 0 Å². The van der Waals surface area contributed by atoms with Crippen molar-refractivity contribution in [2.45, 2.75) is 19.3 Å². The van der Waals surface area contributed by atoms with Crippen LogP contribution in [0.4, 0.5) is 0 Å². The number of pyridine rings is 1. The minimum atomic E-state index is -0.579. The molecule has 3 aromatic rings. The number of benzene rings is 2. The van der Waals surface area contributed by atoms with Crippen LogP contribution in [0.25, 0.3) is 10.9 Å². The van der Waals surface area contributed by atoms with Gasteiger partial charge in [0.1, 0.15) is 5.75 Å². The van der Waals surface area contributed by atoms with Crippen LogP contribution in [-0.2, 0) is 12.5 Å². The number of fused-ring (bicyclic) bond motifs is 1. The van der Waals surface area contributed by atoms with Gasteiger partial charge in [0.05, 0.1) is 11.1 Å². The molecule has 0 spiro atoms. The van der Waals surface area contributed by atoms with Crippen LogP contribution in [0.15, 0.2) is 59.4 Å². The largest absolute Gasteiger partial charge is 0.507 e. The van der Waals surface area contributed by atoms with Crippen molar-refractivity contribution in [1.82, 2.24) is 4.57 Å². The van der Waals surface area contributed by atoms with Gasteiger partial charge in [-0.15, -0.1) is 0 Å². The highest BCUT2D eigenvalue weighted by Crippen LogP contribution is 2.37. The molecule has 3 nitrogen and oxygen atoms in total. The lowest BCUT2D eigenvalue weighted by atomic mass is 9.77. The molecule has 1 aromatic heterocycles. The fourth-order valence-corrected chi connectivity index (χ4v) is 3.04. The minimum Gasteiger partial charge on any atom is -0.507 e. The second-order valence-corrected chi connectivity index (χ2v) is 6.10. The third-order valence-electron chi connectivity index (χ3n) is 4.40. The molecule has 0 bridgehead atoms. The Morgan fingerprint density at radius 1 is 0.955 bits per heavy atom. The molecule has 0 amide bonds. The van der Waals surface area contributed by atoms with E-state index in [2.05, 4.69) is 0 Å². The van der Waals surface area contributed by atoms with Crippen LogP contribution in [0.1, 0.15) is 25.0 Å². The summed E-state index contributed by atoms with van der Waals surface area (Å²) in [5, 5.41) is 11.4. The van der Waals surface area contributed by atoms with Gasteiger partial charge in [0.2, 0.25) is 0 Å². The predicted molar refractivity (Wildman–Crippen MR) is 89.4 cm³/mol. The summed E-state index contributed by atoms with van der Waals surface area (Å²) >= 11 is 0. The molecular formula is C19H19NO2. The molecule has 0 aliphatic carbocycles. The number of hydrogen-bond acceptors (Lipinski definition) is 2. The highest BCUT2D eigenvalue weighted by atomic mass is 16.3. The molecule has 1 heterocycles. The van der Waals surface area contributed by atoms with E-state index in [-0.39, 0.29) is 11.3 Å². The standard InChI is InChI=1S/C19H19NO2/c1-19(2,13-9-5-4-6-10-13)16-17(21)14-11-7-8-12-15(14)20(3)18(16)22/h4-12,21H,1-3H3. The Kier molecular flexibility index (Phi) is 3.28. The first-order valence-corrected chi connectivity index (χ1v) is 7.31. The molecule has 3 rings (SSSR count). The summed E-state index contributed by atoms with van der Waals surface area (Å²) in [6.45, 7) is 3.93. The van der Waals surface area contributed by atoms with Crippen molar-refractivity contribution in [3.8, 4) is 5.75 Å². The maximum absolute atomic E-state index is 12.8. The zero-order valence-electron chi connectivity index (χ0n) is 13.0. The van der Waals surface area contributed by atoms with E-state index in [1.807, 2.05) is 68.4 Å². The maximum atomic E-state index is 12.8. The zero-order chi connectivity index (χ0) is 15.9. The Balaban J connectivity index is 2.39. The smallest absolute Gasteiger partial charge is 0.258 e. The Morgan fingerprint density at radius 2 is 1.55 bits per heavy atom. The van der Waals surface area contributed by atoms with Gasteiger partial charge in [0.25, 0.3) is 5.56 Å². The number of nitrogens with zero attached hydrogens (tertiary/aromatic N) is 1. The van der Waals surface area contributed by atoms with Gasteiger partial charge in [-0.2, -0.15) is 0 Å². The lowest BCUT2D eigenvalue weighted by molar-refractivity contribution is 0.454. The van der Waals surface area contributed by atoms with Crippen LogP contribution >= 0.6 is 0 Å². The second kappa shape index (κ2) is 5.02. The average molecular weight is 293 g/mol. The first-order chi connectivity index (χ1) is 10.4. The molecule has 0 fully saturated rings. The van der Waals surface area contributed by atoms with Crippen LogP contribution in [0.2, 0.25) is 0 Å². The quantitative estimate of drug-likeness (QED) is 0.785. The van der Waals surface area contributed by atoms with E-state index in [1.54, 1.807) is 11.6 Å². The van der Waals surface area contributed by atoms with E-state index in [9.17, 15) is 9.90 Å².